The molecule has 96 valence electrons. The molecule has 2 heterocycles. The largest absolute Gasteiger partial charge is 0.330 e. The van der Waals surface area contributed by atoms with Gasteiger partial charge in [-0.2, -0.15) is 0 Å². The van der Waals surface area contributed by atoms with Gasteiger partial charge < -0.3 is 9.80 Å². The molecule has 0 N–H and O–H groups in total. The first-order valence-corrected chi connectivity index (χ1v) is 6.80. The van der Waals surface area contributed by atoms with Crippen LogP contribution in [0.5, 0.6) is 0 Å². The summed E-state index contributed by atoms with van der Waals surface area (Å²) in [4.78, 5) is 17.0. The quantitative estimate of drug-likeness (QED) is 0.777. The van der Waals surface area contributed by atoms with Gasteiger partial charge in [-0.15, -0.1) is 0 Å². The molecule has 3 nitrogen and oxygen atoms in total. The SMILES string of the molecule is CN1CC2CCC(C1)N2C(=O)c1cccc(Cl)c1. The van der Waals surface area contributed by atoms with Gasteiger partial charge in [-0.25, -0.2) is 0 Å². The molecule has 1 amide bonds. The number of benzene rings is 1. The monoisotopic (exact) mass is 264 g/mol. The topological polar surface area (TPSA) is 23.6 Å². The molecule has 18 heavy (non-hydrogen) atoms. The number of rotatable bonds is 1. The van der Waals surface area contributed by atoms with Crippen molar-refractivity contribution in [2.24, 2.45) is 0 Å². The van der Waals surface area contributed by atoms with E-state index in [0.29, 0.717) is 22.7 Å². The lowest BCUT2D eigenvalue weighted by Crippen LogP contribution is -2.54. The summed E-state index contributed by atoms with van der Waals surface area (Å²) in [5, 5.41) is 0.627. The number of likely N-dealkylation sites (tertiary alicyclic amines) is 1. The summed E-state index contributed by atoms with van der Waals surface area (Å²) in [6, 6.07) is 8.01. The lowest BCUT2D eigenvalue weighted by Gasteiger charge is -2.39. The Morgan fingerprint density at radius 1 is 1.28 bits per heavy atom. The van der Waals surface area contributed by atoms with Crippen molar-refractivity contribution in [3.05, 3.63) is 34.9 Å². The maximum Gasteiger partial charge on any atom is 0.254 e. The van der Waals surface area contributed by atoms with Crippen LogP contribution < -0.4 is 0 Å². The van der Waals surface area contributed by atoms with E-state index in [-0.39, 0.29) is 5.91 Å². The van der Waals surface area contributed by atoms with Crippen LogP contribution in [0.2, 0.25) is 5.02 Å². The second-order valence-corrected chi connectivity index (χ2v) is 5.77. The van der Waals surface area contributed by atoms with Crippen molar-refractivity contribution >= 4 is 17.5 Å². The highest BCUT2D eigenvalue weighted by Crippen LogP contribution is 2.31. The molecule has 0 aliphatic carbocycles. The standard InChI is InChI=1S/C14H17ClN2O/c1-16-8-12-5-6-13(9-16)17(12)14(18)10-3-2-4-11(15)7-10/h2-4,7,12-13H,5-6,8-9H2,1H3. The molecular weight excluding hydrogens is 248 g/mol. The fourth-order valence-corrected chi connectivity index (χ4v) is 3.41. The number of halogens is 1. The third-order valence-corrected chi connectivity index (χ3v) is 4.21. The molecule has 1 aromatic rings. The summed E-state index contributed by atoms with van der Waals surface area (Å²) >= 11 is 5.96. The first-order valence-electron chi connectivity index (χ1n) is 6.42. The summed E-state index contributed by atoms with van der Waals surface area (Å²) < 4.78 is 0. The van der Waals surface area contributed by atoms with E-state index < -0.39 is 0 Å². The highest BCUT2D eigenvalue weighted by atomic mass is 35.5. The van der Waals surface area contributed by atoms with Crippen LogP contribution in [0.3, 0.4) is 0 Å². The molecular formula is C14H17ClN2O. The van der Waals surface area contributed by atoms with Crippen LogP contribution in [0.4, 0.5) is 0 Å². The molecule has 4 heteroatoms. The Bertz CT molecular complexity index is 463. The second kappa shape index (κ2) is 4.56. The van der Waals surface area contributed by atoms with E-state index in [1.54, 1.807) is 12.1 Å². The fourth-order valence-electron chi connectivity index (χ4n) is 3.22. The molecule has 2 aliphatic heterocycles. The second-order valence-electron chi connectivity index (χ2n) is 5.33. The van der Waals surface area contributed by atoms with Gasteiger partial charge in [0.1, 0.15) is 0 Å². The lowest BCUT2D eigenvalue weighted by atomic mass is 10.1. The van der Waals surface area contributed by atoms with Gasteiger partial charge in [0, 0.05) is 35.8 Å². The molecule has 2 saturated heterocycles. The Kier molecular flexibility index (Phi) is 3.04. The average Bonchev–Trinajstić information content (AvgIpc) is 2.61. The van der Waals surface area contributed by atoms with E-state index in [1.807, 2.05) is 12.1 Å². The van der Waals surface area contributed by atoms with Crippen molar-refractivity contribution in [1.82, 2.24) is 9.80 Å². The Labute approximate surface area is 112 Å². The van der Waals surface area contributed by atoms with Crippen molar-refractivity contribution in [1.29, 1.82) is 0 Å². The van der Waals surface area contributed by atoms with Gasteiger partial charge in [-0.1, -0.05) is 17.7 Å². The number of nitrogens with zero attached hydrogens (tertiary/aromatic N) is 2. The smallest absolute Gasteiger partial charge is 0.254 e. The molecule has 0 saturated carbocycles. The molecule has 0 radical (unpaired) electrons. The van der Waals surface area contributed by atoms with Crippen LogP contribution in [0.1, 0.15) is 23.2 Å². The summed E-state index contributed by atoms with van der Waals surface area (Å²) in [6.45, 7) is 1.98. The number of hydrogen-bond donors (Lipinski definition) is 0. The Morgan fingerprint density at radius 3 is 2.56 bits per heavy atom. The molecule has 2 atom stereocenters. The maximum atomic E-state index is 12.6. The highest BCUT2D eigenvalue weighted by Gasteiger charge is 2.41. The van der Waals surface area contributed by atoms with Crippen LogP contribution in [-0.4, -0.2) is 47.9 Å². The number of amides is 1. The minimum Gasteiger partial charge on any atom is -0.330 e. The molecule has 1 aromatic carbocycles. The highest BCUT2D eigenvalue weighted by molar-refractivity contribution is 6.30. The minimum absolute atomic E-state index is 0.137. The first-order chi connectivity index (χ1) is 8.65. The first kappa shape index (κ1) is 12.0. The van der Waals surface area contributed by atoms with Crippen molar-refractivity contribution in [2.75, 3.05) is 20.1 Å². The molecule has 3 rings (SSSR count). The number of carbonyl (C=O) groups excluding carboxylic acids is 1. The molecule has 2 unspecified atom stereocenters. The molecule has 2 bridgehead atoms. The van der Waals surface area contributed by atoms with E-state index >= 15 is 0 Å². The zero-order chi connectivity index (χ0) is 12.7. The third kappa shape index (κ3) is 2.02. The van der Waals surface area contributed by atoms with Crippen LogP contribution >= 0.6 is 11.6 Å². The summed E-state index contributed by atoms with van der Waals surface area (Å²) in [7, 11) is 2.13. The predicted octanol–water partition coefficient (Wildman–Crippen LogP) is 2.26. The molecule has 2 fully saturated rings. The van der Waals surface area contributed by atoms with Crippen molar-refractivity contribution < 1.29 is 4.79 Å². The van der Waals surface area contributed by atoms with Gasteiger partial charge in [0.15, 0.2) is 0 Å². The Morgan fingerprint density at radius 2 is 1.94 bits per heavy atom. The van der Waals surface area contributed by atoms with Gasteiger partial charge in [-0.05, 0) is 38.1 Å². The Balaban J connectivity index is 1.85. The van der Waals surface area contributed by atoms with Gasteiger partial charge >= 0.3 is 0 Å². The van der Waals surface area contributed by atoms with Crippen molar-refractivity contribution in [3.63, 3.8) is 0 Å². The van der Waals surface area contributed by atoms with Crippen LogP contribution in [0.25, 0.3) is 0 Å². The number of carbonyl (C=O) groups is 1. The number of hydrogen-bond acceptors (Lipinski definition) is 2. The van der Waals surface area contributed by atoms with Crippen LogP contribution in [0, 0.1) is 0 Å². The Hall–Kier alpha value is -1.06. The van der Waals surface area contributed by atoms with Crippen molar-refractivity contribution in [2.45, 2.75) is 24.9 Å². The van der Waals surface area contributed by atoms with Gasteiger partial charge in [-0.3, -0.25) is 4.79 Å². The van der Waals surface area contributed by atoms with E-state index in [0.717, 1.165) is 25.9 Å². The fraction of sp³-hybridized carbons (Fsp3) is 0.500. The summed E-state index contributed by atoms with van der Waals surface area (Å²) in [5.74, 6) is 0.137. The maximum absolute atomic E-state index is 12.6. The zero-order valence-electron chi connectivity index (χ0n) is 10.5. The van der Waals surface area contributed by atoms with Gasteiger partial charge in [0.05, 0.1) is 0 Å². The normalized spacial score (nSPS) is 27.6. The van der Waals surface area contributed by atoms with Gasteiger partial charge in [0.2, 0.25) is 0 Å². The van der Waals surface area contributed by atoms with E-state index in [9.17, 15) is 4.79 Å². The summed E-state index contributed by atoms with van der Waals surface area (Å²) in [6.07, 6.45) is 2.25. The van der Waals surface area contributed by atoms with Crippen molar-refractivity contribution in [3.8, 4) is 0 Å². The molecule has 0 aromatic heterocycles. The van der Waals surface area contributed by atoms with E-state index in [1.165, 1.54) is 0 Å². The third-order valence-electron chi connectivity index (χ3n) is 3.97. The lowest BCUT2D eigenvalue weighted by molar-refractivity contribution is 0.0473. The average molecular weight is 265 g/mol. The van der Waals surface area contributed by atoms with Gasteiger partial charge in [0.25, 0.3) is 5.91 Å². The van der Waals surface area contributed by atoms with Crippen LogP contribution in [0.15, 0.2) is 24.3 Å². The van der Waals surface area contributed by atoms with E-state index in [2.05, 4.69) is 16.8 Å². The number of likely N-dealkylation sites (N-methyl/N-ethyl adjacent to an activating group) is 1. The zero-order valence-corrected chi connectivity index (χ0v) is 11.2. The number of piperazine rings is 1. The minimum atomic E-state index is 0.137. The molecule has 2 aliphatic rings. The van der Waals surface area contributed by atoms with Crippen LogP contribution in [-0.2, 0) is 0 Å². The van der Waals surface area contributed by atoms with E-state index in [4.69, 9.17) is 11.6 Å². The predicted molar refractivity (Wildman–Crippen MR) is 71.9 cm³/mol. The molecule has 0 spiro atoms. The number of fused-ring (bicyclic) bond motifs is 2. The summed E-state index contributed by atoms with van der Waals surface area (Å²) in [5.41, 5.74) is 0.712.